The van der Waals surface area contributed by atoms with E-state index in [0.29, 0.717) is 5.56 Å². The zero-order chi connectivity index (χ0) is 15.5. The molecule has 0 fully saturated rings. The van der Waals surface area contributed by atoms with Crippen molar-refractivity contribution in [2.75, 3.05) is 0 Å². The molecule has 0 unspecified atom stereocenters. The number of aromatic nitrogens is 2. The molecule has 0 saturated carbocycles. The minimum Gasteiger partial charge on any atom is -0.508 e. The van der Waals surface area contributed by atoms with Gasteiger partial charge in [0.1, 0.15) is 11.6 Å². The Kier molecular flexibility index (Phi) is 3.57. The number of phenols is 1. The molecule has 6 nitrogen and oxygen atoms in total. The number of aromatic hydroxyl groups is 1. The first-order valence-electron chi connectivity index (χ1n) is 6.70. The van der Waals surface area contributed by atoms with E-state index in [1.54, 1.807) is 42.5 Å². The van der Waals surface area contributed by atoms with Crippen LogP contribution < -0.4 is 5.43 Å². The average molecular weight is 294 g/mol. The van der Waals surface area contributed by atoms with Crippen molar-refractivity contribution in [3.05, 3.63) is 59.4 Å². The second kappa shape index (κ2) is 5.69. The van der Waals surface area contributed by atoms with Crippen LogP contribution in [0.3, 0.4) is 0 Å². The largest absolute Gasteiger partial charge is 0.508 e. The van der Waals surface area contributed by atoms with Gasteiger partial charge in [0, 0.05) is 5.56 Å². The predicted molar refractivity (Wildman–Crippen MR) is 84.0 cm³/mol. The first-order chi connectivity index (χ1) is 10.6. The van der Waals surface area contributed by atoms with Crippen LogP contribution >= 0.6 is 0 Å². The summed E-state index contributed by atoms with van der Waals surface area (Å²) in [5, 5.41) is 13.1. The fraction of sp³-hybridized carbons (Fsp3) is 0.0625. The summed E-state index contributed by atoms with van der Waals surface area (Å²) in [5.41, 5.74) is 5.38. The summed E-state index contributed by atoms with van der Waals surface area (Å²) in [4.78, 5) is 19.4. The van der Waals surface area contributed by atoms with E-state index in [4.69, 9.17) is 0 Å². The molecule has 0 spiro atoms. The number of aryl methyl sites for hydroxylation is 1. The number of nitrogens with zero attached hydrogens (tertiary/aromatic N) is 2. The molecule has 0 saturated heterocycles. The standard InChI is InChI=1S/C16H14N4O2/c1-10-18-14-7-4-12(8-15(14)19-10)16(22)20-17-9-11-2-5-13(21)6-3-11/h2-9,21H,1H3,(H,18,19)(H,20,22)/b17-9-. The molecule has 110 valence electrons. The lowest BCUT2D eigenvalue weighted by atomic mass is 10.2. The zero-order valence-corrected chi connectivity index (χ0v) is 11.9. The van der Waals surface area contributed by atoms with Gasteiger partial charge in [-0.15, -0.1) is 0 Å². The maximum Gasteiger partial charge on any atom is 0.271 e. The normalized spacial score (nSPS) is 11.1. The summed E-state index contributed by atoms with van der Waals surface area (Å²) in [7, 11) is 0. The van der Waals surface area contributed by atoms with E-state index >= 15 is 0 Å². The molecule has 0 aliphatic rings. The molecule has 3 aromatic rings. The maximum atomic E-state index is 12.0. The lowest BCUT2D eigenvalue weighted by Gasteiger charge is -2.00. The number of carbonyl (C=O) groups is 1. The highest BCUT2D eigenvalue weighted by Gasteiger charge is 2.07. The SMILES string of the molecule is Cc1nc2ccc(C(=O)N/N=C\c3ccc(O)cc3)cc2[nH]1. The van der Waals surface area contributed by atoms with E-state index in [0.717, 1.165) is 22.4 Å². The molecule has 0 radical (unpaired) electrons. The number of imidazole rings is 1. The van der Waals surface area contributed by atoms with Gasteiger partial charge in [-0.2, -0.15) is 5.10 Å². The van der Waals surface area contributed by atoms with E-state index in [1.807, 2.05) is 6.92 Å². The Morgan fingerprint density at radius 2 is 2.05 bits per heavy atom. The number of carbonyl (C=O) groups excluding carboxylic acids is 1. The first kappa shape index (κ1) is 13.8. The van der Waals surface area contributed by atoms with Gasteiger partial charge in [0.2, 0.25) is 0 Å². The average Bonchev–Trinajstić information content (AvgIpc) is 2.88. The van der Waals surface area contributed by atoms with Gasteiger partial charge in [-0.05, 0) is 55.0 Å². The molecule has 0 bridgehead atoms. The van der Waals surface area contributed by atoms with E-state index in [9.17, 15) is 9.90 Å². The molecule has 0 atom stereocenters. The lowest BCUT2D eigenvalue weighted by molar-refractivity contribution is 0.0955. The van der Waals surface area contributed by atoms with Gasteiger partial charge in [-0.3, -0.25) is 4.79 Å². The smallest absolute Gasteiger partial charge is 0.271 e. The van der Waals surface area contributed by atoms with Gasteiger partial charge in [-0.1, -0.05) is 0 Å². The van der Waals surface area contributed by atoms with Crippen LogP contribution in [0.25, 0.3) is 11.0 Å². The monoisotopic (exact) mass is 294 g/mol. The van der Waals surface area contributed by atoms with Gasteiger partial charge < -0.3 is 10.1 Å². The number of benzene rings is 2. The van der Waals surface area contributed by atoms with Crippen LogP contribution in [0.15, 0.2) is 47.6 Å². The number of amides is 1. The van der Waals surface area contributed by atoms with Crippen LogP contribution in [0.1, 0.15) is 21.7 Å². The summed E-state index contributed by atoms with van der Waals surface area (Å²) in [6, 6.07) is 11.7. The Bertz CT molecular complexity index is 850. The molecular weight excluding hydrogens is 280 g/mol. The van der Waals surface area contributed by atoms with Crippen LogP contribution in [-0.4, -0.2) is 27.2 Å². The van der Waals surface area contributed by atoms with Crippen LogP contribution in [0.5, 0.6) is 5.75 Å². The number of nitrogens with one attached hydrogen (secondary N) is 2. The Morgan fingerprint density at radius 1 is 1.27 bits per heavy atom. The first-order valence-corrected chi connectivity index (χ1v) is 6.70. The molecule has 3 rings (SSSR count). The van der Waals surface area contributed by atoms with E-state index < -0.39 is 0 Å². The Hall–Kier alpha value is -3.15. The van der Waals surface area contributed by atoms with Crippen molar-refractivity contribution in [2.45, 2.75) is 6.92 Å². The maximum absolute atomic E-state index is 12.0. The zero-order valence-electron chi connectivity index (χ0n) is 11.9. The van der Waals surface area contributed by atoms with Crippen molar-refractivity contribution in [3.8, 4) is 5.75 Å². The molecule has 6 heteroatoms. The fourth-order valence-corrected chi connectivity index (χ4v) is 2.07. The predicted octanol–water partition coefficient (Wildman–Crippen LogP) is 2.34. The summed E-state index contributed by atoms with van der Waals surface area (Å²) < 4.78 is 0. The third-order valence-electron chi connectivity index (χ3n) is 3.14. The molecule has 1 amide bonds. The van der Waals surface area contributed by atoms with Crippen molar-refractivity contribution in [2.24, 2.45) is 5.10 Å². The van der Waals surface area contributed by atoms with Crippen LogP contribution in [-0.2, 0) is 0 Å². The summed E-state index contributed by atoms with van der Waals surface area (Å²) in [6.45, 7) is 1.86. The Labute approximate surface area is 126 Å². The number of fused-ring (bicyclic) bond motifs is 1. The van der Waals surface area contributed by atoms with Gasteiger partial charge >= 0.3 is 0 Å². The second-order valence-corrected chi connectivity index (χ2v) is 4.84. The van der Waals surface area contributed by atoms with Crippen molar-refractivity contribution in [1.29, 1.82) is 0 Å². The molecule has 1 heterocycles. The topological polar surface area (TPSA) is 90.4 Å². The van der Waals surface area contributed by atoms with E-state index in [1.165, 1.54) is 6.21 Å². The second-order valence-electron chi connectivity index (χ2n) is 4.84. The molecule has 22 heavy (non-hydrogen) atoms. The summed E-state index contributed by atoms with van der Waals surface area (Å²) in [6.07, 6.45) is 1.51. The molecular formula is C16H14N4O2. The summed E-state index contributed by atoms with van der Waals surface area (Å²) in [5.74, 6) is 0.687. The summed E-state index contributed by atoms with van der Waals surface area (Å²) >= 11 is 0. The highest BCUT2D eigenvalue weighted by atomic mass is 16.3. The van der Waals surface area contributed by atoms with Crippen molar-refractivity contribution in [1.82, 2.24) is 15.4 Å². The third kappa shape index (κ3) is 2.95. The lowest BCUT2D eigenvalue weighted by Crippen LogP contribution is -2.17. The van der Waals surface area contributed by atoms with Gasteiger partial charge in [-0.25, -0.2) is 10.4 Å². The van der Waals surface area contributed by atoms with Crippen LogP contribution in [0, 0.1) is 6.92 Å². The quantitative estimate of drug-likeness (QED) is 0.511. The highest BCUT2D eigenvalue weighted by Crippen LogP contribution is 2.13. The highest BCUT2D eigenvalue weighted by molar-refractivity contribution is 5.97. The third-order valence-corrected chi connectivity index (χ3v) is 3.14. The molecule has 0 aliphatic heterocycles. The van der Waals surface area contributed by atoms with E-state index in [2.05, 4.69) is 20.5 Å². The molecule has 3 N–H and O–H groups in total. The number of hydrogen-bond acceptors (Lipinski definition) is 4. The van der Waals surface area contributed by atoms with E-state index in [-0.39, 0.29) is 11.7 Å². The fourth-order valence-electron chi connectivity index (χ4n) is 2.07. The minimum absolute atomic E-state index is 0.185. The number of phenolic OH excluding ortho intramolecular Hbond substituents is 1. The van der Waals surface area contributed by atoms with Crippen molar-refractivity contribution in [3.63, 3.8) is 0 Å². The number of rotatable bonds is 3. The minimum atomic E-state index is -0.302. The van der Waals surface area contributed by atoms with Gasteiger partial charge in [0.05, 0.1) is 17.2 Å². The van der Waals surface area contributed by atoms with Crippen molar-refractivity contribution >= 4 is 23.2 Å². The van der Waals surface area contributed by atoms with Crippen LogP contribution in [0.4, 0.5) is 0 Å². The van der Waals surface area contributed by atoms with Gasteiger partial charge in [0.25, 0.3) is 5.91 Å². The number of H-pyrrole nitrogens is 1. The molecule has 1 aromatic heterocycles. The van der Waals surface area contributed by atoms with Crippen LogP contribution in [0.2, 0.25) is 0 Å². The number of hydrazone groups is 1. The number of aromatic amines is 1. The number of hydrogen-bond donors (Lipinski definition) is 3. The molecule has 0 aliphatic carbocycles. The Balaban J connectivity index is 1.71. The Morgan fingerprint density at radius 3 is 2.82 bits per heavy atom. The van der Waals surface area contributed by atoms with Gasteiger partial charge in [0.15, 0.2) is 0 Å². The van der Waals surface area contributed by atoms with Crippen molar-refractivity contribution < 1.29 is 9.90 Å². The molecule has 2 aromatic carbocycles.